The summed E-state index contributed by atoms with van der Waals surface area (Å²) < 4.78 is 1.16. The zero-order valence-electron chi connectivity index (χ0n) is 11.7. The van der Waals surface area contributed by atoms with Gasteiger partial charge in [0.05, 0.1) is 15.4 Å². The van der Waals surface area contributed by atoms with E-state index in [-0.39, 0.29) is 0 Å². The second-order valence-electron chi connectivity index (χ2n) is 6.18. The Morgan fingerprint density at radius 2 is 2.30 bits per heavy atom. The van der Waals surface area contributed by atoms with Gasteiger partial charge in [-0.1, -0.05) is 12.8 Å². The van der Waals surface area contributed by atoms with Gasteiger partial charge >= 0.3 is 0 Å². The lowest BCUT2D eigenvalue weighted by molar-refractivity contribution is -0.102. The maximum Gasteiger partial charge on any atom is 0.0702 e. The van der Waals surface area contributed by atoms with Crippen molar-refractivity contribution in [3.05, 3.63) is 20.8 Å². The van der Waals surface area contributed by atoms with Crippen LogP contribution < -0.4 is 5.73 Å². The van der Waals surface area contributed by atoms with Crippen LogP contribution in [-0.2, 0) is 0 Å². The van der Waals surface area contributed by atoms with Gasteiger partial charge in [0.1, 0.15) is 0 Å². The van der Waals surface area contributed by atoms with Crippen LogP contribution in [0.25, 0.3) is 0 Å². The molecule has 0 radical (unpaired) electrons. The Kier molecular flexibility index (Phi) is 4.53. The predicted octanol–water partition coefficient (Wildman–Crippen LogP) is 3.14. The number of halogens is 1. The molecule has 0 bridgehead atoms. The Bertz CT molecular complexity index is 466. The minimum atomic E-state index is -0.399. The molecule has 1 aliphatic carbocycles. The number of fused-ring (bicyclic) bond motifs is 1. The SMILES string of the molecule is NCC(c1ccc(Br)s1)N1CCC2(O)CCCCC2C1. The number of hydrogen-bond donors (Lipinski definition) is 2. The summed E-state index contributed by atoms with van der Waals surface area (Å²) in [5, 5.41) is 10.8. The summed E-state index contributed by atoms with van der Waals surface area (Å²) in [7, 11) is 0. The minimum absolute atomic E-state index is 0.303. The van der Waals surface area contributed by atoms with Crippen LogP contribution in [0, 0.1) is 5.92 Å². The largest absolute Gasteiger partial charge is 0.390 e. The average Bonchev–Trinajstić information content (AvgIpc) is 2.86. The molecule has 2 aliphatic rings. The molecule has 1 saturated heterocycles. The molecule has 112 valence electrons. The lowest BCUT2D eigenvalue weighted by atomic mass is 9.71. The second-order valence-corrected chi connectivity index (χ2v) is 8.68. The monoisotopic (exact) mass is 358 g/mol. The van der Waals surface area contributed by atoms with Crippen LogP contribution >= 0.6 is 27.3 Å². The van der Waals surface area contributed by atoms with Gasteiger partial charge < -0.3 is 10.8 Å². The van der Waals surface area contributed by atoms with Gasteiger partial charge in [-0.2, -0.15) is 0 Å². The Labute approximate surface area is 133 Å². The molecule has 1 saturated carbocycles. The number of aliphatic hydroxyl groups is 1. The van der Waals surface area contributed by atoms with Crippen molar-refractivity contribution in [2.75, 3.05) is 19.6 Å². The highest BCUT2D eigenvalue weighted by atomic mass is 79.9. The van der Waals surface area contributed by atoms with Gasteiger partial charge in [0.2, 0.25) is 0 Å². The van der Waals surface area contributed by atoms with Crippen molar-refractivity contribution >= 4 is 27.3 Å². The number of nitrogens with zero attached hydrogens (tertiary/aromatic N) is 1. The molecule has 3 N–H and O–H groups in total. The van der Waals surface area contributed by atoms with Crippen molar-refractivity contribution in [1.29, 1.82) is 0 Å². The third-order valence-electron chi connectivity index (χ3n) is 5.05. The third-order valence-corrected chi connectivity index (χ3v) is 6.77. The zero-order valence-corrected chi connectivity index (χ0v) is 14.1. The fourth-order valence-electron chi connectivity index (χ4n) is 3.83. The summed E-state index contributed by atoms with van der Waals surface area (Å²) in [6, 6.07) is 4.58. The van der Waals surface area contributed by atoms with E-state index in [4.69, 9.17) is 5.73 Å². The number of nitrogens with two attached hydrogens (primary N) is 1. The second kappa shape index (κ2) is 6.05. The maximum absolute atomic E-state index is 10.8. The van der Waals surface area contributed by atoms with Crippen molar-refractivity contribution < 1.29 is 5.11 Å². The molecular weight excluding hydrogens is 336 g/mol. The molecule has 1 aromatic rings. The number of rotatable bonds is 3. The molecule has 20 heavy (non-hydrogen) atoms. The van der Waals surface area contributed by atoms with Crippen LogP contribution in [0.5, 0.6) is 0 Å². The normalized spacial score (nSPS) is 32.9. The maximum atomic E-state index is 10.8. The number of thiophene rings is 1. The van der Waals surface area contributed by atoms with Crippen LogP contribution in [0.2, 0.25) is 0 Å². The molecule has 1 aromatic heterocycles. The van der Waals surface area contributed by atoms with Gasteiger partial charge in [0, 0.05) is 30.4 Å². The average molecular weight is 359 g/mol. The first-order chi connectivity index (χ1) is 9.62. The Morgan fingerprint density at radius 3 is 3.00 bits per heavy atom. The summed E-state index contributed by atoms with van der Waals surface area (Å²) >= 11 is 5.31. The van der Waals surface area contributed by atoms with E-state index < -0.39 is 5.60 Å². The minimum Gasteiger partial charge on any atom is -0.390 e. The Balaban J connectivity index is 1.74. The number of hydrogen-bond acceptors (Lipinski definition) is 4. The summed E-state index contributed by atoms with van der Waals surface area (Å²) in [6.07, 6.45) is 5.51. The van der Waals surface area contributed by atoms with E-state index in [0.717, 1.165) is 29.7 Å². The van der Waals surface area contributed by atoms with E-state index in [1.54, 1.807) is 11.3 Å². The van der Waals surface area contributed by atoms with Crippen molar-refractivity contribution in [2.24, 2.45) is 11.7 Å². The fraction of sp³-hybridized carbons (Fsp3) is 0.733. The molecule has 0 spiro atoms. The molecule has 0 amide bonds. The first-order valence-corrected chi connectivity index (χ1v) is 9.15. The summed E-state index contributed by atoms with van der Waals surface area (Å²) in [6.45, 7) is 2.61. The van der Waals surface area contributed by atoms with E-state index in [2.05, 4.69) is 33.0 Å². The smallest absolute Gasteiger partial charge is 0.0702 e. The summed E-state index contributed by atoms with van der Waals surface area (Å²) in [5.74, 6) is 0.433. The highest BCUT2D eigenvalue weighted by Gasteiger charge is 2.44. The highest BCUT2D eigenvalue weighted by molar-refractivity contribution is 9.11. The number of likely N-dealkylation sites (tertiary alicyclic amines) is 1. The molecule has 5 heteroatoms. The van der Waals surface area contributed by atoms with E-state index in [9.17, 15) is 5.11 Å². The van der Waals surface area contributed by atoms with Crippen LogP contribution in [-0.4, -0.2) is 35.2 Å². The molecule has 3 unspecified atom stereocenters. The van der Waals surface area contributed by atoms with Gasteiger partial charge in [-0.15, -0.1) is 11.3 Å². The first-order valence-electron chi connectivity index (χ1n) is 7.54. The number of piperidine rings is 1. The van der Waals surface area contributed by atoms with Gasteiger partial charge in [-0.05, 0) is 47.3 Å². The summed E-state index contributed by atoms with van der Waals surface area (Å²) in [5.41, 5.74) is 5.63. The van der Waals surface area contributed by atoms with Crippen molar-refractivity contribution in [3.63, 3.8) is 0 Å². The lowest BCUT2D eigenvalue weighted by Gasteiger charge is -2.49. The topological polar surface area (TPSA) is 49.5 Å². The highest BCUT2D eigenvalue weighted by Crippen LogP contribution is 2.42. The molecule has 1 aliphatic heterocycles. The van der Waals surface area contributed by atoms with Crippen molar-refractivity contribution in [3.8, 4) is 0 Å². The molecule has 3 nitrogen and oxygen atoms in total. The van der Waals surface area contributed by atoms with Crippen LogP contribution in [0.15, 0.2) is 15.9 Å². The van der Waals surface area contributed by atoms with Gasteiger partial charge in [0.15, 0.2) is 0 Å². The van der Waals surface area contributed by atoms with Crippen molar-refractivity contribution in [1.82, 2.24) is 4.90 Å². The molecule has 3 atom stereocenters. The first kappa shape index (κ1) is 15.0. The predicted molar refractivity (Wildman–Crippen MR) is 86.9 cm³/mol. The molecule has 0 aromatic carbocycles. The van der Waals surface area contributed by atoms with Crippen LogP contribution in [0.3, 0.4) is 0 Å². The van der Waals surface area contributed by atoms with Crippen LogP contribution in [0.4, 0.5) is 0 Å². The van der Waals surface area contributed by atoms with Gasteiger partial charge in [-0.25, -0.2) is 0 Å². The molecule has 2 fully saturated rings. The van der Waals surface area contributed by atoms with E-state index in [0.29, 0.717) is 18.5 Å². The van der Waals surface area contributed by atoms with E-state index in [1.807, 2.05) is 0 Å². The molecule has 2 heterocycles. The lowest BCUT2D eigenvalue weighted by Crippen LogP contribution is -2.54. The Morgan fingerprint density at radius 1 is 1.45 bits per heavy atom. The van der Waals surface area contributed by atoms with E-state index in [1.165, 1.54) is 24.1 Å². The fourth-order valence-corrected chi connectivity index (χ4v) is 5.40. The van der Waals surface area contributed by atoms with E-state index >= 15 is 0 Å². The zero-order chi connectivity index (χ0) is 14.2. The molecule has 3 rings (SSSR count). The molecular formula is C15H23BrN2OS. The summed E-state index contributed by atoms with van der Waals surface area (Å²) in [4.78, 5) is 3.82. The Hall–Kier alpha value is 0.0600. The van der Waals surface area contributed by atoms with Gasteiger partial charge in [0.25, 0.3) is 0 Å². The third kappa shape index (κ3) is 2.83. The van der Waals surface area contributed by atoms with Crippen LogP contribution in [0.1, 0.15) is 43.0 Å². The quantitative estimate of drug-likeness (QED) is 0.872. The van der Waals surface area contributed by atoms with Gasteiger partial charge in [-0.3, -0.25) is 4.90 Å². The van der Waals surface area contributed by atoms with Crippen molar-refractivity contribution in [2.45, 2.75) is 43.7 Å². The standard InChI is InChI=1S/C15H23BrN2OS/c16-14-5-4-13(20-14)12(9-17)18-8-7-15(19)6-2-1-3-11(15)10-18/h4-5,11-12,19H,1-3,6-10,17H2.